The number of amides is 4. The van der Waals surface area contributed by atoms with Gasteiger partial charge in [0.05, 0.1) is 18.2 Å². The second-order valence-corrected chi connectivity index (χ2v) is 8.05. The molecule has 1 atom stereocenters. The number of imide groups is 2. The summed E-state index contributed by atoms with van der Waals surface area (Å²) in [6.45, 7) is -0.00139. The highest BCUT2D eigenvalue weighted by molar-refractivity contribution is 7.91. The largest absolute Gasteiger partial charge is 0.335 e. The quantitative estimate of drug-likeness (QED) is 0.489. The lowest BCUT2D eigenvalue weighted by Crippen LogP contribution is -2.48. The van der Waals surface area contributed by atoms with E-state index in [9.17, 15) is 22.8 Å². The van der Waals surface area contributed by atoms with Crippen LogP contribution in [-0.2, 0) is 19.4 Å². The Hall–Kier alpha value is -1.48. The molecule has 0 aromatic heterocycles. The van der Waals surface area contributed by atoms with Crippen LogP contribution in [-0.4, -0.2) is 78.3 Å². The molecule has 21 heavy (non-hydrogen) atoms. The number of hydrogen-bond donors (Lipinski definition) is 0. The van der Waals surface area contributed by atoms with Crippen LogP contribution in [0.2, 0.25) is 0 Å². The highest BCUT2D eigenvalue weighted by Gasteiger charge is 2.46. The van der Waals surface area contributed by atoms with Crippen LogP contribution in [0.1, 0.15) is 19.3 Å². The highest BCUT2D eigenvalue weighted by Crippen LogP contribution is 2.32. The molecule has 0 bridgehead atoms. The minimum absolute atomic E-state index is 0.00139. The van der Waals surface area contributed by atoms with Gasteiger partial charge in [-0.15, -0.1) is 0 Å². The lowest BCUT2D eigenvalue weighted by atomic mass is 10.2. The smallest absolute Gasteiger partial charge is 0.278 e. The van der Waals surface area contributed by atoms with Crippen molar-refractivity contribution in [3.63, 3.8) is 0 Å². The maximum absolute atomic E-state index is 11.9. The van der Waals surface area contributed by atoms with E-state index in [0.29, 0.717) is 6.42 Å². The van der Waals surface area contributed by atoms with Crippen LogP contribution < -0.4 is 0 Å². The number of likely N-dealkylation sites (N-methyl/N-ethyl adjacent to an activating group) is 1. The Morgan fingerprint density at radius 1 is 1.10 bits per heavy atom. The van der Waals surface area contributed by atoms with Gasteiger partial charge in [-0.1, -0.05) is 0 Å². The fourth-order valence-electron chi connectivity index (χ4n) is 2.87. The number of nitrogens with zero attached hydrogens (tertiary/aromatic N) is 3. The third-order valence-corrected chi connectivity index (χ3v) is 6.00. The first-order valence-electron chi connectivity index (χ1n) is 6.90. The average Bonchev–Trinajstić information content (AvgIpc) is 3.17. The molecule has 0 aromatic rings. The maximum Gasteiger partial charge on any atom is 0.335 e. The summed E-state index contributed by atoms with van der Waals surface area (Å²) in [6, 6.07) is -0.620. The van der Waals surface area contributed by atoms with E-state index in [1.54, 1.807) is 0 Å². The topological polar surface area (TPSA) is 95.1 Å². The molecular weight excluding hydrogens is 298 g/mol. The first-order chi connectivity index (χ1) is 9.80. The van der Waals surface area contributed by atoms with E-state index in [0.717, 1.165) is 22.6 Å². The van der Waals surface area contributed by atoms with Crippen LogP contribution >= 0.6 is 0 Å². The predicted molar refractivity (Wildman–Crippen MR) is 71.8 cm³/mol. The first-order valence-corrected chi connectivity index (χ1v) is 8.72. The Labute approximate surface area is 122 Å². The molecule has 1 saturated carbocycles. The van der Waals surface area contributed by atoms with Crippen molar-refractivity contribution in [2.75, 3.05) is 25.2 Å². The van der Waals surface area contributed by atoms with Crippen LogP contribution in [0.3, 0.4) is 0 Å². The molecule has 2 aliphatic heterocycles. The van der Waals surface area contributed by atoms with Gasteiger partial charge in [0.1, 0.15) is 0 Å². The van der Waals surface area contributed by atoms with Gasteiger partial charge in [-0.05, 0) is 19.3 Å². The van der Waals surface area contributed by atoms with Crippen molar-refractivity contribution in [2.24, 2.45) is 0 Å². The summed E-state index contributed by atoms with van der Waals surface area (Å²) in [4.78, 5) is 38.8. The Bertz CT molecular complexity index is 612. The number of sulfone groups is 1. The Kier molecular flexibility index (Phi) is 3.28. The summed E-state index contributed by atoms with van der Waals surface area (Å²) < 4.78 is 23.2. The molecule has 3 rings (SSSR count). The van der Waals surface area contributed by atoms with Crippen molar-refractivity contribution in [1.29, 1.82) is 0 Å². The first kappa shape index (κ1) is 14.5. The Balaban J connectivity index is 1.76. The molecule has 0 aromatic carbocycles. The summed E-state index contributed by atoms with van der Waals surface area (Å²) in [5.41, 5.74) is 0. The number of carbonyl (C=O) groups excluding carboxylic acids is 3. The normalized spacial score (nSPS) is 29.0. The van der Waals surface area contributed by atoms with Crippen LogP contribution in [0, 0.1) is 0 Å². The van der Waals surface area contributed by atoms with E-state index in [4.69, 9.17) is 0 Å². The maximum atomic E-state index is 11.9. The van der Waals surface area contributed by atoms with Gasteiger partial charge in [0.15, 0.2) is 9.84 Å². The van der Waals surface area contributed by atoms with Gasteiger partial charge >= 0.3 is 17.8 Å². The van der Waals surface area contributed by atoms with Gasteiger partial charge in [0.2, 0.25) is 0 Å². The molecule has 0 unspecified atom stereocenters. The molecule has 0 radical (unpaired) electrons. The molecule has 9 heteroatoms. The number of rotatable bonds is 4. The van der Waals surface area contributed by atoms with E-state index >= 15 is 0 Å². The minimum atomic E-state index is -3.04. The zero-order valence-corrected chi connectivity index (χ0v) is 12.5. The summed E-state index contributed by atoms with van der Waals surface area (Å²) in [5, 5.41) is 0. The summed E-state index contributed by atoms with van der Waals surface area (Å²) in [6.07, 6.45) is 2.37. The molecular formula is C12H17N3O5S. The molecule has 3 aliphatic rings. The van der Waals surface area contributed by atoms with E-state index in [-0.39, 0.29) is 30.3 Å². The number of carbonyl (C=O) groups is 3. The average molecular weight is 315 g/mol. The van der Waals surface area contributed by atoms with Gasteiger partial charge in [-0.3, -0.25) is 19.4 Å². The molecule has 2 heterocycles. The zero-order valence-electron chi connectivity index (χ0n) is 11.7. The number of urea groups is 1. The summed E-state index contributed by atoms with van der Waals surface area (Å²) >= 11 is 0. The molecule has 4 amide bonds. The van der Waals surface area contributed by atoms with E-state index in [1.165, 1.54) is 7.05 Å². The zero-order chi connectivity index (χ0) is 15.4. The van der Waals surface area contributed by atoms with Gasteiger partial charge < -0.3 is 0 Å². The van der Waals surface area contributed by atoms with Gasteiger partial charge in [0.25, 0.3) is 0 Å². The monoisotopic (exact) mass is 315 g/mol. The third-order valence-electron chi connectivity index (χ3n) is 4.25. The minimum Gasteiger partial charge on any atom is -0.278 e. The molecule has 0 spiro atoms. The second kappa shape index (κ2) is 4.77. The SMILES string of the molecule is CN1C(=O)C(=O)N(CN(C2CC2)[C@H]2CCS(=O)(=O)C2)C1=O. The fourth-order valence-corrected chi connectivity index (χ4v) is 4.62. The van der Waals surface area contributed by atoms with Gasteiger partial charge in [-0.2, -0.15) is 0 Å². The second-order valence-electron chi connectivity index (χ2n) is 5.82. The van der Waals surface area contributed by atoms with Crippen LogP contribution in [0.25, 0.3) is 0 Å². The van der Waals surface area contributed by atoms with Gasteiger partial charge in [0, 0.05) is 19.1 Å². The van der Waals surface area contributed by atoms with Crippen molar-refractivity contribution in [3.8, 4) is 0 Å². The van der Waals surface area contributed by atoms with E-state index < -0.39 is 27.7 Å². The molecule has 1 aliphatic carbocycles. The van der Waals surface area contributed by atoms with Crippen molar-refractivity contribution in [1.82, 2.24) is 14.7 Å². The molecule has 2 saturated heterocycles. The predicted octanol–water partition coefficient (Wildman–Crippen LogP) is -0.984. The van der Waals surface area contributed by atoms with Crippen LogP contribution in [0.5, 0.6) is 0 Å². The molecule has 3 fully saturated rings. The highest BCUT2D eigenvalue weighted by atomic mass is 32.2. The summed E-state index contributed by atoms with van der Waals surface area (Å²) in [7, 11) is -1.77. The van der Waals surface area contributed by atoms with Gasteiger partial charge in [-0.25, -0.2) is 18.1 Å². The van der Waals surface area contributed by atoms with Crippen LogP contribution in [0.4, 0.5) is 4.79 Å². The standard InChI is InChI=1S/C12H17N3O5S/c1-13-10(16)11(17)15(12(13)18)7-14(8-2-3-8)9-4-5-21(19,20)6-9/h8-9H,2-7H2,1H3/t9-/m0/s1. The summed E-state index contributed by atoms with van der Waals surface area (Å²) in [5.74, 6) is -1.48. The number of hydrogen-bond acceptors (Lipinski definition) is 6. The van der Waals surface area contributed by atoms with Crippen molar-refractivity contribution < 1.29 is 22.8 Å². The molecule has 0 N–H and O–H groups in total. The van der Waals surface area contributed by atoms with Crippen molar-refractivity contribution in [2.45, 2.75) is 31.3 Å². The lowest BCUT2D eigenvalue weighted by Gasteiger charge is -2.30. The third kappa shape index (κ3) is 2.55. The molecule has 116 valence electrons. The van der Waals surface area contributed by atoms with Crippen molar-refractivity contribution >= 4 is 27.7 Å². The van der Waals surface area contributed by atoms with Crippen LogP contribution in [0.15, 0.2) is 0 Å². The lowest BCUT2D eigenvalue weighted by molar-refractivity contribution is -0.143. The molecule has 8 nitrogen and oxygen atoms in total. The Morgan fingerprint density at radius 3 is 2.19 bits per heavy atom. The van der Waals surface area contributed by atoms with E-state index in [1.807, 2.05) is 4.90 Å². The van der Waals surface area contributed by atoms with E-state index in [2.05, 4.69) is 0 Å². The van der Waals surface area contributed by atoms with Crippen molar-refractivity contribution in [3.05, 3.63) is 0 Å². The Morgan fingerprint density at radius 2 is 1.76 bits per heavy atom. The fraction of sp³-hybridized carbons (Fsp3) is 0.750.